The lowest BCUT2D eigenvalue weighted by molar-refractivity contribution is -0.160. The van der Waals surface area contributed by atoms with Gasteiger partial charge in [-0.05, 0) is 19.3 Å². The summed E-state index contributed by atoms with van der Waals surface area (Å²) in [5, 5.41) is 11.0. The largest absolute Gasteiger partial charge is 0.481 e. The third-order valence-electron chi connectivity index (χ3n) is 3.18. The number of aliphatic carboxylic acids is 1. The topological polar surface area (TPSA) is 135 Å². The van der Waals surface area contributed by atoms with Crippen LogP contribution in [0, 0.1) is 0 Å². The lowest BCUT2D eigenvalue weighted by atomic mass is 10.2. The van der Waals surface area contributed by atoms with E-state index in [0.29, 0.717) is 19.3 Å². The lowest BCUT2D eigenvalue weighted by Crippen LogP contribution is -2.51. The molecule has 0 saturated heterocycles. The van der Waals surface area contributed by atoms with Crippen molar-refractivity contribution in [3.05, 3.63) is 0 Å². The summed E-state index contributed by atoms with van der Waals surface area (Å²) in [6.07, 6.45) is 1.27. The SMILES string of the molecule is O=C(O)CCCCCN(C(=O)CBr)N(CCCP(=O)(O)O)C(=O)CBr. The van der Waals surface area contributed by atoms with Crippen LogP contribution < -0.4 is 0 Å². The van der Waals surface area contributed by atoms with E-state index < -0.39 is 19.5 Å². The number of halogens is 2. The molecular formula is C13H23Br2N2O7P. The van der Waals surface area contributed by atoms with Crippen molar-refractivity contribution >= 4 is 57.2 Å². The zero-order chi connectivity index (χ0) is 19.5. The Labute approximate surface area is 163 Å². The van der Waals surface area contributed by atoms with E-state index in [9.17, 15) is 18.9 Å². The van der Waals surface area contributed by atoms with Gasteiger partial charge in [-0.15, -0.1) is 0 Å². The van der Waals surface area contributed by atoms with E-state index in [-0.39, 0.29) is 48.7 Å². The highest BCUT2D eigenvalue weighted by Gasteiger charge is 2.25. The molecule has 0 heterocycles. The molecule has 3 N–H and O–H groups in total. The van der Waals surface area contributed by atoms with Crippen LogP contribution in [0.3, 0.4) is 0 Å². The fourth-order valence-electron chi connectivity index (χ4n) is 2.04. The molecule has 12 heteroatoms. The quantitative estimate of drug-likeness (QED) is 0.157. The average molecular weight is 510 g/mol. The minimum absolute atomic E-state index is 0.00338. The van der Waals surface area contributed by atoms with E-state index >= 15 is 0 Å². The van der Waals surface area contributed by atoms with E-state index in [1.165, 1.54) is 10.0 Å². The number of carbonyl (C=O) groups is 3. The predicted molar refractivity (Wildman–Crippen MR) is 98.6 cm³/mol. The van der Waals surface area contributed by atoms with Gasteiger partial charge in [0.1, 0.15) is 0 Å². The van der Waals surface area contributed by atoms with Gasteiger partial charge >= 0.3 is 13.6 Å². The number of hydrogen-bond acceptors (Lipinski definition) is 4. The standard InChI is InChI=1S/C13H23Br2N2O7P/c14-9-11(18)16(6-3-1-2-5-13(20)21)17(12(19)10-15)7-4-8-25(22,23)24/h1-10H2,(H,20,21)(H2,22,23,24). The highest BCUT2D eigenvalue weighted by molar-refractivity contribution is 9.09. The zero-order valence-electron chi connectivity index (χ0n) is 13.6. The summed E-state index contributed by atoms with van der Waals surface area (Å²) in [4.78, 5) is 52.6. The second kappa shape index (κ2) is 12.8. The van der Waals surface area contributed by atoms with Gasteiger partial charge in [-0.3, -0.25) is 29.0 Å². The van der Waals surface area contributed by atoms with Gasteiger partial charge in [0.2, 0.25) is 0 Å². The number of amides is 2. The molecule has 0 unspecified atom stereocenters. The maximum absolute atomic E-state index is 12.1. The molecule has 0 rings (SSSR count). The maximum Gasteiger partial charge on any atom is 0.325 e. The lowest BCUT2D eigenvalue weighted by Gasteiger charge is -2.34. The molecule has 146 valence electrons. The number of rotatable bonds is 12. The molecule has 0 bridgehead atoms. The van der Waals surface area contributed by atoms with E-state index in [2.05, 4.69) is 31.9 Å². The second-order valence-corrected chi connectivity index (χ2v) is 8.15. The van der Waals surface area contributed by atoms with Crippen LogP contribution in [0.25, 0.3) is 0 Å². The molecule has 2 amide bonds. The average Bonchev–Trinajstić information content (AvgIpc) is 2.53. The molecule has 25 heavy (non-hydrogen) atoms. The van der Waals surface area contributed by atoms with E-state index in [1.54, 1.807) is 0 Å². The van der Waals surface area contributed by atoms with Crippen LogP contribution in [-0.4, -0.2) is 72.6 Å². The number of hydrogen-bond donors (Lipinski definition) is 3. The molecule has 0 spiro atoms. The monoisotopic (exact) mass is 508 g/mol. The van der Waals surface area contributed by atoms with Gasteiger partial charge in [0.05, 0.1) is 16.8 Å². The minimum atomic E-state index is -4.18. The predicted octanol–water partition coefficient (Wildman–Crippen LogP) is 1.56. The Kier molecular flexibility index (Phi) is 12.6. The molecule has 0 aliphatic rings. The number of unbranched alkanes of at least 4 members (excludes halogenated alkanes) is 2. The first-order valence-electron chi connectivity index (χ1n) is 7.61. The highest BCUT2D eigenvalue weighted by Crippen LogP contribution is 2.34. The van der Waals surface area contributed by atoms with Crippen molar-refractivity contribution in [3.8, 4) is 0 Å². The summed E-state index contributed by atoms with van der Waals surface area (Å²) >= 11 is 6.09. The van der Waals surface area contributed by atoms with Crippen LogP contribution in [-0.2, 0) is 18.9 Å². The van der Waals surface area contributed by atoms with E-state index in [4.69, 9.17) is 14.9 Å². The molecule has 0 aromatic carbocycles. The third kappa shape index (κ3) is 11.7. The number of alkyl halides is 2. The summed E-state index contributed by atoms with van der Waals surface area (Å²) in [6, 6.07) is 0. The number of carboxylic acids is 1. The summed E-state index contributed by atoms with van der Waals surface area (Å²) in [7, 11) is -4.18. The van der Waals surface area contributed by atoms with Crippen molar-refractivity contribution in [3.63, 3.8) is 0 Å². The molecule has 0 atom stereocenters. The zero-order valence-corrected chi connectivity index (χ0v) is 17.7. The first-order valence-corrected chi connectivity index (χ1v) is 11.7. The molecule has 0 aromatic rings. The van der Waals surface area contributed by atoms with Crippen LogP contribution >= 0.6 is 39.5 Å². The fraction of sp³-hybridized carbons (Fsp3) is 0.769. The van der Waals surface area contributed by atoms with Gasteiger partial charge < -0.3 is 14.9 Å². The van der Waals surface area contributed by atoms with Crippen molar-refractivity contribution in [2.24, 2.45) is 0 Å². The van der Waals surface area contributed by atoms with Crippen LogP contribution in [0.15, 0.2) is 0 Å². The summed E-state index contributed by atoms with van der Waals surface area (Å²) in [6.45, 7) is 0.224. The first kappa shape index (κ1) is 24.5. The van der Waals surface area contributed by atoms with E-state index in [0.717, 1.165) is 0 Å². The van der Waals surface area contributed by atoms with Crippen molar-refractivity contribution < 1.29 is 33.8 Å². The second-order valence-electron chi connectivity index (χ2n) is 5.25. The summed E-state index contributed by atoms with van der Waals surface area (Å²) < 4.78 is 11.0. The van der Waals surface area contributed by atoms with Gasteiger partial charge in [-0.2, -0.15) is 0 Å². The van der Waals surface area contributed by atoms with Gasteiger partial charge in [0.15, 0.2) is 0 Å². The van der Waals surface area contributed by atoms with Crippen LogP contribution in [0.4, 0.5) is 0 Å². The van der Waals surface area contributed by atoms with Gasteiger partial charge in [0, 0.05) is 19.5 Å². The van der Waals surface area contributed by atoms with Crippen LogP contribution in [0.2, 0.25) is 0 Å². The molecule has 9 nitrogen and oxygen atoms in total. The first-order chi connectivity index (χ1) is 11.6. The highest BCUT2D eigenvalue weighted by atomic mass is 79.9. The van der Waals surface area contributed by atoms with Crippen molar-refractivity contribution in [1.82, 2.24) is 10.0 Å². The normalized spacial score (nSPS) is 11.2. The fourth-order valence-corrected chi connectivity index (χ4v) is 3.17. The molecule has 0 aromatic heterocycles. The van der Waals surface area contributed by atoms with E-state index in [1.807, 2.05) is 0 Å². The number of carbonyl (C=O) groups excluding carboxylic acids is 2. The molecule has 0 radical (unpaired) electrons. The Morgan fingerprint density at radius 2 is 1.32 bits per heavy atom. The Hall–Kier alpha value is -0.480. The van der Waals surface area contributed by atoms with Gasteiger partial charge in [-0.25, -0.2) is 0 Å². The molecular weight excluding hydrogens is 487 g/mol. The molecule has 0 aliphatic carbocycles. The van der Waals surface area contributed by atoms with Crippen molar-refractivity contribution in [2.45, 2.75) is 32.1 Å². The summed E-state index contributed by atoms with van der Waals surface area (Å²) in [5.74, 6) is -1.64. The maximum atomic E-state index is 12.1. The van der Waals surface area contributed by atoms with Crippen LogP contribution in [0.5, 0.6) is 0 Å². The Balaban J connectivity index is 4.84. The number of hydrazine groups is 1. The minimum Gasteiger partial charge on any atom is -0.481 e. The van der Waals surface area contributed by atoms with Crippen molar-refractivity contribution in [2.75, 3.05) is 29.9 Å². The third-order valence-corrected chi connectivity index (χ3v) is 5.03. The smallest absolute Gasteiger partial charge is 0.325 e. The van der Waals surface area contributed by atoms with Gasteiger partial charge in [0.25, 0.3) is 11.8 Å². The van der Waals surface area contributed by atoms with Crippen LogP contribution in [0.1, 0.15) is 32.1 Å². The molecule has 0 saturated carbocycles. The molecule has 0 aliphatic heterocycles. The molecule has 0 fully saturated rings. The van der Waals surface area contributed by atoms with Gasteiger partial charge in [-0.1, -0.05) is 38.3 Å². The summed E-state index contributed by atoms with van der Waals surface area (Å²) in [5.41, 5.74) is 0. The van der Waals surface area contributed by atoms with Crippen molar-refractivity contribution in [1.29, 1.82) is 0 Å². The Bertz CT molecular complexity index is 501. The number of carboxylic acid groups (broad SMARTS) is 1. The Morgan fingerprint density at radius 3 is 1.72 bits per heavy atom. The number of nitrogens with zero attached hydrogens (tertiary/aromatic N) is 2. The Morgan fingerprint density at radius 1 is 0.840 bits per heavy atom.